The number of ether oxygens (including phenoxy) is 3. The highest BCUT2D eigenvalue weighted by Gasteiger charge is 2.23. The van der Waals surface area contributed by atoms with E-state index in [-0.39, 0.29) is 68.6 Å². The molecule has 1 heterocycles. The van der Waals surface area contributed by atoms with Crippen LogP contribution in [0, 0.1) is 24.0 Å². The lowest BCUT2D eigenvalue weighted by Crippen LogP contribution is -2.23. The second kappa shape index (κ2) is 24.0. The number of benzene rings is 6. The van der Waals surface area contributed by atoms with Crippen molar-refractivity contribution in [2.24, 2.45) is 0 Å². The molecular formula is C50H52ClN7O10S. The van der Waals surface area contributed by atoms with Gasteiger partial charge in [0.05, 0.1) is 50.4 Å². The van der Waals surface area contributed by atoms with Crippen molar-refractivity contribution < 1.29 is 43.4 Å². The molecule has 17 nitrogen and oxygen atoms in total. The van der Waals surface area contributed by atoms with E-state index in [1.54, 1.807) is 54.2 Å². The van der Waals surface area contributed by atoms with Crippen molar-refractivity contribution in [3.8, 4) is 23.0 Å². The van der Waals surface area contributed by atoms with Gasteiger partial charge in [0.15, 0.2) is 5.75 Å². The van der Waals surface area contributed by atoms with Crippen molar-refractivity contribution in [3.63, 3.8) is 0 Å². The number of amides is 3. The number of aromatic hydroxyl groups is 1. The molecule has 0 aromatic heterocycles. The first-order chi connectivity index (χ1) is 33.1. The molecule has 69 heavy (non-hydrogen) atoms. The van der Waals surface area contributed by atoms with Gasteiger partial charge in [-0.2, -0.15) is 11.8 Å². The second-order valence-electron chi connectivity index (χ2n) is 15.7. The van der Waals surface area contributed by atoms with Crippen LogP contribution in [0.4, 0.5) is 34.1 Å². The highest BCUT2D eigenvalue weighted by molar-refractivity contribution is 7.99. The summed E-state index contributed by atoms with van der Waals surface area (Å²) in [7, 11) is 1.45. The average Bonchev–Trinajstić information content (AvgIpc) is 3.81. The Morgan fingerprint density at radius 1 is 0.841 bits per heavy atom. The molecule has 19 heteroatoms. The lowest BCUT2D eigenvalue weighted by molar-refractivity contribution is -0.384. The summed E-state index contributed by atoms with van der Waals surface area (Å²) < 4.78 is 17.2. The van der Waals surface area contributed by atoms with Gasteiger partial charge in [-0.25, -0.2) is 4.79 Å². The minimum Gasteiger partial charge on any atom is -0.506 e. The summed E-state index contributed by atoms with van der Waals surface area (Å²) >= 11 is 8.22. The molecule has 6 N–H and O–H groups in total. The lowest BCUT2D eigenvalue weighted by atomic mass is 10.0. The molecule has 0 fully saturated rings. The van der Waals surface area contributed by atoms with Gasteiger partial charge in [-0.05, 0) is 92.6 Å². The molecule has 1 aliphatic heterocycles. The van der Waals surface area contributed by atoms with Gasteiger partial charge in [0.25, 0.3) is 11.6 Å². The number of carbonyl (C=O) groups is 4. The Bertz CT molecular complexity index is 2880. The predicted octanol–water partition coefficient (Wildman–Crippen LogP) is 10.8. The number of phenolic OH excluding ortho intramolecular Hbond substituents is 1. The molecule has 0 radical (unpaired) electrons. The van der Waals surface area contributed by atoms with Crippen LogP contribution in [0.5, 0.6) is 23.0 Å². The number of non-ortho nitro benzene ring substituents is 1. The number of rotatable bonds is 18. The number of thioether (sulfide) groups is 1. The number of carbonyl (C=O) groups excluding carboxylic acids is 4. The monoisotopic (exact) mass is 977 g/mol. The predicted molar refractivity (Wildman–Crippen MR) is 271 cm³/mol. The van der Waals surface area contributed by atoms with Gasteiger partial charge in [-0.3, -0.25) is 24.5 Å². The largest absolute Gasteiger partial charge is 0.506 e. The molecule has 3 amide bonds. The van der Waals surface area contributed by atoms with Crippen LogP contribution in [0.25, 0.3) is 10.8 Å². The molecule has 6 aromatic rings. The number of fused-ring (bicyclic) bond motifs is 2. The van der Waals surface area contributed by atoms with E-state index in [4.69, 9.17) is 25.8 Å². The molecule has 0 saturated carbocycles. The number of phenols is 1. The fourth-order valence-electron chi connectivity index (χ4n) is 6.90. The van der Waals surface area contributed by atoms with E-state index in [2.05, 4.69) is 33.9 Å². The van der Waals surface area contributed by atoms with E-state index >= 15 is 0 Å². The number of nitrogens with zero attached hydrogens (tertiary/aromatic N) is 2. The van der Waals surface area contributed by atoms with Crippen LogP contribution in [-0.2, 0) is 14.3 Å². The molecule has 0 bridgehead atoms. The first-order valence-corrected chi connectivity index (χ1v) is 23.4. The molecule has 6 aromatic carbocycles. The Labute approximate surface area is 407 Å². The molecular weight excluding hydrogens is 926 g/mol. The number of halogens is 1. The highest BCUT2D eigenvalue weighted by atomic mass is 35.5. The zero-order valence-electron chi connectivity index (χ0n) is 38.6. The zero-order valence-corrected chi connectivity index (χ0v) is 40.1. The van der Waals surface area contributed by atoms with Gasteiger partial charge < -0.3 is 45.7 Å². The van der Waals surface area contributed by atoms with Crippen molar-refractivity contribution in [1.29, 1.82) is 0 Å². The van der Waals surface area contributed by atoms with Crippen LogP contribution >= 0.6 is 23.4 Å². The van der Waals surface area contributed by atoms with Crippen LogP contribution in [0.1, 0.15) is 65.0 Å². The number of anilines is 5. The minimum absolute atomic E-state index is 0.101. The van der Waals surface area contributed by atoms with Crippen molar-refractivity contribution in [1.82, 2.24) is 5.53 Å². The van der Waals surface area contributed by atoms with Crippen molar-refractivity contribution in [3.05, 3.63) is 141 Å². The van der Waals surface area contributed by atoms with Crippen LogP contribution in [0.15, 0.2) is 103 Å². The number of hydrogen-bond acceptors (Lipinski definition) is 14. The van der Waals surface area contributed by atoms with Gasteiger partial charge >= 0.3 is 5.97 Å². The molecule has 0 atom stereocenters. The second-order valence-corrected chi connectivity index (χ2v) is 17.3. The smallest absolute Gasteiger partial charge is 0.338 e. The summed E-state index contributed by atoms with van der Waals surface area (Å²) in [4.78, 5) is 62.4. The van der Waals surface area contributed by atoms with E-state index < -0.39 is 16.7 Å². The minimum atomic E-state index is -0.734. The quantitative estimate of drug-likeness (QED) is 0.0204. The maximum Gasteiger partial charge on any atom is 0.338 e. The van der Waals surface area contributed by atoms with E-state index in [9.17, 15) is 34.4 Å². The van der Waals surface area contributed by atoms with Crippen LogP contribution in [0.3, 0.4) is 0 Å². The third kappa shape index (κ3) is 13.6. The highest BCUT2D eigenvalue weighted by Crippen LogP contribution is 2.42. The number of aryl methyl sites for hydroxylation is 2. The average molecular weight is 979 g/mol. The standard InChI is InChI=1S/C38H35ClN4O8.C12H17N3O2S/c1-22-11-15-33(23(2)18-22)50-17-7-10-36(45)40-25-12-14-30(39)31(19-25)41-38(47)29-21-35(27-8-5-6-9-28(27)37(29)46)51-34-16-13-26(43(48)49)20-32(34)42(4)24(3)44;1-2-6-18-7-5-17-12(16)9-3-4-10-11(8-9)14-15-13-10/h5-6,8-9,11-16,18-21,46H,7,10,17H2,1-4H3,(H,40,45)(H,41,47);3-4,8,13-15H,2,5-7H2,1H3. The third-order valence-corrected chi connectivity index (χ3v) is 12.0. The molecule has 0 unspecified atom stereocenters. The third-order valence-electron chi connectivity index (χ3n) is 10.5. The van der Waals surface area contributed by atoms with Crippen molar-refractivity contribution in [2.45, 2.75) is 47.0 Å². The Kier molecular flexibility index (Phi) is 17.7. The number of hydrogen-bond donors (Lipinski definition) is 6. The molecule has 0 aliphatic carbocycles. The molecule has 360 valence electrons. The Hall–Kier alpha value is -7.54. The Morgan fingerprint density at radius 3 is 2.33 bits per heavy atom. The van der Waals surface area contributed by atoms with Crippen molar-refractivity contribution >= 4 is 92.0 Å². The fourth-order valence-corrected chi connectivity index (χ4v) is 7.76. The van der Waals surface area contributed by atoms with Gasteiger partial charge in [0.2, 0.25) is 11.8 Å². The zero-order chi connectivity index (χ0) is 49.6. The number of nitro benzene ring substituents is 1. The Balaban J connectivity index is 0.000000362. The molecule has 0 saturated heterocycles. The van der Waals surface area contributed by atoms with Gasteiger partial charge in [0.1, 0.15) is 23.9 Å². The van der Waals surface area contributed by atoms with Crippen LogP contribution < -0.4 is 41.4 Å². The lowest BCUT2D eigenvalue weighted by Gasteiger charge is -2.20. The molecule has 1 aliphatic rings. The topological polar surface area (TPSA) is 223 Å². The number of nitrogens with one attached hydrogen (secondary N) is 5. The van der Waals surface area contributed by atoms with Crippen LogP contribution in [0.2, 0.25) is 5.02 Å². The summed E-state index contributed by atoms with van der Waals surface area (Å²) in [6.07, 6.45) is 1.82. The summed E-state index contributed by atoms with van der Waals surface area (Å²) in [5.74, 6) is 0.977. The van der Waals surface area contributed by atoms with Gasteiger partial charge in [0, 0.05) is 54.7 Å². The summed E-state index contributed by atoms with van der Waals surface area (Å²) in [6.45, 7) is 8.24. The number of esters is 1. The molecule has 0 spiro atoms. The van der Waals surface area contributed by atoms with Crippen LogP contribution in [-0.4, -0.2) is 65.5 Å². The summed E-state index contributed by atoms with van der Waals surface area (Å²) in [5.41, 5.74) is 13.4. The Morgan fingerprint density at radius 2 is 1.59 bits per heavy atom. The maximum atomic E-state index is 13.7. The van der Waals surface area contributed by atoms with Gasteiger partial charge in [-0.1, -0.05) is 60.5 Å². The maximum absolute atomic E-state index is 13.7. The van der Waals surface area contributed by atoms with Crippen molar-refractivity contribution in [2.75, 3.05) is 58.2 Å². The SMILES string of the molecule is CC(=O)N(C)c1cc([N+](=O)[O-])ccc1Oc1cc(C(=O)Nc2cc(NC(=O)CCCOc3ccc(C)cc3C)ccc2Cl)c(O)c2ccccc12.CCCSCCOC(=O)c1ccc2c(c1)NNN2. The van der Waals surface area contributed by atoms with Gasteiger partial charge in [-0.15, -0.1) is 5.53 Å². The first-order valence-electron chi connectivity index (χ1n) is 21.9. The van der Waals surface area contributed by atoms with E-state index in [1.165, 1.54) is 55.3 Å². The number of hydrazine groups is 2. The number of nitro groups is 1. The van der Waals surface area contributed by atoms with E-state index in [0.717, 1.165) is 46.2 Å². The summed E-state index contributed by atoms with van der Waals surface area (Å²) in [6, 6.07) is 27.7. The van der Waals surface area contributed by atoms with E-state index in [0.29, 0.717) is 36.3 Å². The molecule has 7 rings (SSSR count). The fraction of sp³-hybridized carbons (Fsp3) is 0.240. The summed E-state index contributed by atoms with van der Waals surface area (Å²) in [5, 5.41) is 29.1. The normalized spacial score (nSPS) is 11.2. The van der Waals surface area contributed by atoms with E-state index in [1.807, 2.05) is 38.1 Å². The first kappa shape index (κ1) is 50.9.